The lowest BCUT2D eigenvalue weighted by Gasteiger charge is -2.16. The summed E-state index contributed by atoms with van der Waals surface area (Å²) in [4.78, 5) is 18.1. The van der Waals surface area contributed by atoms with Gasteiger partial charge in [0.25, 0.3) is 0 Å². The minimum atomic E-state index is 0. The van der Waals surface area contributed by atoms with E-state index in [0.717, 1.165) is 49.5 Å². The van der Waals surface area contributed by atoms with Crippen LogP contribution in [0, 0.1) is 0 Å². The van der Waals surface area contributed by atoms with Gasteiger partial charge in [-0.05, 0) is 37.5 Å². The number of hydrogen-bond donors (Lipinski definition) is 2. The number of carbonyl (C=O) groups is 1. The number of aliphatic imine (C=N–C) groups is 1. The van der Waals surface area contributed by atoms with Crippen LogP contribution in [0.4, 0.5) is 0 Å². The molecule has 2 rings (SSSR count). The van der Waals surface area contributed by atoms with E-state index in [9.17, 15) is 4.79 Å². The second-order valence-electron chi connectivity index (χ2n) is 5.59. The van der Waals surface area contributed by atoms with Crippen molar-refractivity contribution in [3.05, 3.63) is 34.3 Å². The number of benzene rings is 1. The van der Waals surface area contributed by atoms with Gasteiger partial charge in [0, 0.05) is 37.1 Å². The molecule has 1 aromatic carbocycles. The minimum absolute atomic E-state index is 0. The van der Waals surface area contributed by atoms with Gasteiger partial charge < -0.3 is 15.5 Å². The first-order chi connectivity index (χ1) is 11.2. The molecule has 0 aromatic heterocycles. The summed E-state index contributed by atoms with van der Waals surface area (Å²) >= 11 is 3.48. The van der Waals surface area contributed by atoms with Crippen molar-refractivity contribution in [1.82, 2.24) is 15.5 Å². The van der Waals surface area contributed by atoms with Gasteiger partial charge in [-0.15, -0.1) is 24.0 Å². The molecule has 1 fully saturated rings. The number of likely N-dealkylation sites (tertiary alicyclic amines) is 1. The van der Waals surface area contributed by atoms with Crippen molar-refractivity contribution in [2.75, 3.05) is 26.2 Å². The van der Waals surface area contributed by atoms with Crippen LogP contribution in [0.5, 0.6) is 0 Å². The molecule has 1 amide bonds. The summed E-state index contributed by atoms with van der Waals surface area (Å²) in [7, 11) is 0. The maximum atomic E-state index is 11.6. The molecule has 1 heterocycles. The van der Waals surface area contributed by atoms with Crippen LogP contribution in [-0.4, -0.2) is 42.9 Å². The van der Waals surface area contributed by atoms with Crippen LogP contribution in [0.3, 0.4) is 0 Å². The van der Waals surface area contributed by atoms with Gasteiger partial charge in [0.1, 0.15) is 0 Å². The Labute approximate surface area is 169 Å². The predicted octanol–water partition coefficient (Wildman–Crippen LogP) is 3.13. The normalized spacial score (nSPS) is 14.5. The zero-order valence-corrected chi connectivity index (χ0v) is 18.0. The molecular formula is C17H26BrIN4O. The van der Waals surface area contributed by atoms with Crippen LogP contribution < -0.4 is 10.6 Å². The summed E-state index contributed by atoms with van der Waals surface area (Å²) in [5.74, 6) is 1.11. The molecule has 7 heteroatoms. The quantitative estimate of drug-likeness (QED) is 0.257. The van der Waals surface area contributed by atoms with E-state index in [0.29, 0.717) is 18.9 Å². The smallest absolute Gasteiger partial charge is 0.222 e. The average Bonchev–Trinajstić information content (AvgIpc) is 2.94. The van der Waals surface area contributed by atoms with Gasteiger partial charge in [0.05, 0.1) is 6.54 Å². The highest BCUT2D eigenvalue weighted by Gasteiger charge is 2.18. The minimum Gasteiger partial charge on any atom is -0.357 e. The topological polar surface area (TPSA) is 56.7 Å². The highest BCUT2D eigenvalue weighted by molar-refractivity contribution is 14.0. The molecule has 1 saturated heterocycles. The van der Waals surface area contributed by atoms with Gasteiger partial charge in [-0.1, -0.05) is 28.1 Å². The Hall–Kier alpha value is -0.830. The van der Waals surface area contributed by atoms with Gasteiger partial charge >= 0.3 is 0 Å². The number of nitrogens with zero attached hydrogens (tertiary/aromatic N) is 2. The van der Waals surface area contributed by atoms with Gasteiger partial charge in [0.15, 0.2) is 5.96 Å². The second kappa shape index (κ2) is 11.7. The van der Waals surface area contributed by atoms with E-state index in [4.69, 9.17) is 0 Å². The summed E-state index contributed by atoms with van der Waals surface area (Å²) in [6.45, 7) is 6.08. The standard InChI is InChI=1S/C17H25BrN4O.HI/c1-2-19-17(21-13-14-6-3-7-15(18)12-14)20-9-5-11-22-10-4-8-16(22)23;/h3,6-7,12H,2,4-5,8-11,13H2,1H3,(H2,19,20,21);1H. The van der Waals surface area contributed by atoms with E-state index in [1.807, 2.05) is 17.0 Å². The van der Waals surface area contributed by atoms with Crippen LogP contribution in [0.15, 0.2) is 33.7 Å². The molecule has 134 valence electrons. The molecule has 1 aliphatic heterocycles. The first-order valence-electron chi connectivity index (χ1n) is 8.23. The molecule has 0 unspecified atom stereocenters. The van der Waals surface area contributed by atoms with E-state index in [1.165, 1.54) is 5.56 Å². The monoisotopic (exact) mass is 508 g/mol. The largest absolute Gasteiger partial charge is 0.357 e. The predicted molar refractivity (Wildman–Crippen MR) is 113 cm³/mol. The van der Waals surface area contributed by atoms with Crippen molar-refractivity contribution in [3.63, 3.8) is 0 Å². The Morgan fingerprint density at radius 1 is 1.38 bits per heavy atom. The molecular weight excluding hydrogens is 483 g/mol. The van der Waals surface area contributed by atoms with Crippen molar-refractivity contribution >= 4 is 51.8 Å². The fourth-order valence-electron chi connectivity index (χ4n) is 2.56. The first kappa shape index (κ1) is 21.2. The van der Waals surface area contributed by atoms with Crippen LogP contribution in [-0.2, 0) is 11.3 Å². The third kappa shape index (κ3) is 7.38. The fourth-order valence-corrected chi connectivity index (χ4v) is 3.01. The Kier molecular flexibility index (Phi) is 10.3. The van der Waals surface area contributed by atoms with E-state index in [-0.39, 0.29) is 24.0 Å². The Morgan fingerprint density at radius 2 is 2.21 bits per heavy atom. The summed E-state index contributed by atoms with van der Waals surface area (Å²) in [5, 5.41) is 6.58. The average molecular weight is 509 g/mol. The molecule has 0 spiro atoms. The SMILES string of the molecule is CCNC(=NCc1cccc(Br)c1)NCCCN1CCCC1=O.I. The fraction of sp³-hybridized carbons (Fsp3) is 0.529. The zero-order valence-electron chi connectivity index (χ0n) is 14.1. The Bertz CT molecular complexity index is 553. The van der Waals surface area contributed by atoms with Crippen molar-refractivity contribution in [2.24, 2.45) is 4.99 Å². The van der Waals surface area contributed by atoms with Gasteiger partial charge in [-0.25, -0.2) is 4.99 Å². The van der Waals surface area contributed by atoms with Gasteiger partial charge in [-0.3, -0.25) is 4.79 Å². The lowest BCUT2D eigenvalue weighted by Crippen LogP contribution is -2.39. The highest BCUT2D eigenvalue weighted by atomic mass is 127. The van der Waals surface area contributed by atoms with E-state index in [2.05, 4.69) is 50.6 Å². The summed E-state index contributed by atoms with van der Waals surface area (Å²) in [6, 6.07) is 8.17. The van der Waals surface area contributed by atoms with E-state index < -0.39 is 0 Å². The van der Waals surface area contributed by atoms with Crippen molar-refractivity contribution in [1.29, 1.82) is 0 Å². The van der Waals surface area contributed by atoms with Crippen LogP contribution >= 0.6 is 39.9 Å². The van der Waals surface area contributed by atoms with Crippen LogP contribution in [0.1, 0.15) is 31.7 Å². The Balaban J connectivity index is 0.00000288. The summed E-state index contributed by atoms with van der Waals surface area (Å²) in [6.07, 6.45) is 2.65. The molecule has 1 aromatic rings. The number of guanidine groups is 1. The molecule has 0 saturated carbocycles. The summed E-state index contributed by atoms with van der Waals surface area (Å²) < 4.78 is 1.07. The third-order valence-corrected chi connectivity index (χ3v) is 4.21. The molecule has 0 radical (unpaired) electrons. The third-order valence-electron chi connectivity index (χ3n) is 3.72. The van der Waals surface area contributed by atoms with Crippen molar-refractivity contribution in [3.8, 4) is 0 Å². The molecule has 0 atom stereocenters. The highest BCUT2D eigenvalue weighted by Crippen LogP contribution is 2.12. The number of nitrogens with one attached hydrogen (secondary N) is 2. The van der Waals surface area contributed by atoms with Crippen LogP contribution in [0.2, 0.25) is 0 Å². The maximum Gasteiger partial charge on any atom is 0.222 e. The van der Waals surface area contributed by atoms with E-state index >= 15 is 0 Å². The maximum absolute atomic E-state index is 11.6. The van der Waals surface area contributed by atoms with Gasteiger partial charge in [-0.2, -0.15) is 0 Å². The zero-order chi connectivity index (χ0) is 16.5. The van der Waals surface area contributed by atoms with E-state index in [1.54, 1.807) is 0 Å². The number of carbonyl (C=O) groups excluding carboxylic acids is 1. The number of rotatable bonds is 7. The summed E-state index contributed by atoms with van der Waals surface area (Å²) in [5.41, 5.74) is 1.17. The Morgan fingerprint density at radius 3 is 2.88 bits per heavy atom. The number of hydrogen-bond acceptors (Lipinski definition) is 2. The molecule has 2 N–H and O–H groups in total. The number of halogens is 2. The molecule has 5 nitrogen and oxygen atoms in total. The molecule has 0 aliphatic carbocycles. The van der Waals surface area contributed by atoms with Crippen molar-refractivity contribution < 1.29 is 4.79 Å². The molecule has 1 aliphatic rings. The number of amides is 1. The lowest BCUT2D eigenvalue weighted by molar-refractivity contribution is -0.127. The molecule has 24 heavy (non-hydrogen) atoms. The van der Waals surface area contributed by atoms with Crippen LogP contribution in [0.25, 0.3) is 0 Å². The van der Waals surface area contributed by atoms with Crippen molar-refractivity contribution in [2.45, 2.75) is 32.7 Å². The molecule has 0 bridgehead atoms. The lowest BCUT2D eigenvalue weighted by atomic mass is 10.2. The van der Waals surface area contributed by atoms with Gasteiger partial charge in [0.2, 0.25) is 5.91 Å². The second-order valence-corrected chi connectivity index (χ2v) is 6.51. The first-order valence-corrected chi connectivity index (χ1v) is 9.02.